The van der Waals surface area contributed by atoms with Gasteiger partial charge in [0, 0.05) is 23.8 Å². The molecule has 4 rings (SSSR count). The van der Waals surface area contributed by atoms with Crippen LogP contribution in [-0.2, 0) is 6.54 Å². The highest BCUT2D eigenvalue weighted by Gasteiger charge is 2.18. The highest BCUT2D eigenvalue weighted by atomic mass is 16.2. The van der Waals surface area contributed by atoms with E-state index in [0.29, 0.717) is 29.6 Å². The second-order valence-corrected chi connectivity index (χ2v) is 6.24. The van der Waals surface area contributed by atoms with Crippen LogP contribution in [-0.4, -0.2) is 36.3 Å². The molecule has 0 aliphatic carbocycles. The third kappa shape index (κ3) is 3.17. The zero-order chi connectivity index (χ0) is 18.8. The van der Waals surface area contributed by atoms with Gasteiger partial charge in [-0.15, -0.1) is 0 Å². The van der Waals surface area contributed by atoms with E-state index in [9.17, 15) is 9.59 Å². The Morgan fingerprint density at radius 1 is 1.19 bits per heavy atom. The van der Waals surface area contributed by atoms with E-state index in [1.165, 1.54) is 10.9 Å². The minimum Gasteiger partial charge on any atom is -0.347 e. The van der Waals surface area contributed by atoms with E-state index in [2.05, 4.69) is 20.5 Å². The average Bonchev–Trinajstić information content (AvgIpc) is 3.14. The minimum atomic E-state index is -0.274. The van der Waals surface area contributed by atoms with Gasteiger partial charge in [0.25, 0.3) is 11.5 Å². The largest absolute Gasteiger partial charge is 0.347 e. The van der Waals surface area contributed by atoms with Crippen LogP contribution in [0.3, 0.4) is 0 Å². The number of nitrogens with zero attached hydrogens (tertiary/aromatic N) is 5. The molecule has 8 nitrogen and oxygen atoms in total. The maximum absolute atomic E-state index is 12.7. The van der Waals surface area contributed by atoms with Crippen LogP contribution in [0.4, 0.5) is 0 Å². The summed E-state index contributed by atoms with van der Waals surface area (Å²) in [4.78, 5) is 29.5. The number of nitrogens with one attached hydrogen (secondary N) is 1. The number of carbonyl (C=O) groups excluding carboxylic acids is 1. The first-order chi connectivity index (χ1) is 13.2. The van der Waals surface area contributed by atoms with Crippen molar-refractivity contribution in [3.8, 4) is 0 Å². The van der Waals surface area contributed by atoms with Crippen molar-refractivity contribution in [2.45, 2.75) is 25.9 Å². The lowest BCUT2D eigenvalue weighted by atomic mass is 10.2. The molecule has 0 fully saturated rings. The summed E-state index contributed by atoms with van der Waals surface area (Å²) in [6.07, 6.45) is 7.16. The van der Waals surface area contributed by atoms with Gasteiger partial charge in [0.1, 0.15) is 5.56 Å². The zero-order valence-corrected chi connectivity index (χ0v) is 14.7. The Kier molecular flexibility index (Phi) is 4.37. The monoisotopic (exact) mass is 362 g/mol. The molecule has 3 aromatic heterocycles. The van der Waals surface area contributed by atoms with Gasteiger partial charge >= 0.3 is 0 Å². The Labute approximate surface area is 154 Å². The number of benzene rings is 1. The minimum absolute atomic E-state index is 0.168. The molecule has 1 atom stereocenters. The summed E-state index contributed by atoms with van der Waals surface area (Å²) in [6.45, 7) is 2.24. The van der Waals surface area contributed by atoms with Crippen LogP contribution in [0.1, 0.15) is 23.7 Å². The lowest BCUT2D eigenvalue weighted by Gasteiger charge is -2.17. The molecule has 1 N–H and O–H groups in total. The van der Waals surface area contributed by atoms with Crippen molar-refractivity contribution in [1.82, 2.24) is 29.7 Å². The van der Waals surface area contributed by atoms with E-state index in [1.54, 1.807) is 35.2 Å². The van der Waals surface area contributed by atoms with Gasteiger partial charge in [0.15, 0.2) is 5.65 Å². The maximum Gasteiger partial charge on any atom is 0.274 e. The fourth-order valence-electron chi connectivity index (χ4n) is 2.99. The summed E-state index contributed by atoms with van der Waals surface area (Å²) in [7, 11) is 0. The number of fused-ring (bicyclic) bond motifs is 2. The topological polar surface area (TPSA) is 94.2 Å². The van der Waals surface area contributed by atoms with Crippen molar-refractivity contribution in [3.63, 3.8) is 0 Å². The average molecular weight is 362 g/mol. The number of rotatable bonds is 5. The van der Waals surface area contributed by atoms with Gasteiger partial charge in [0.2, 0.25) is 0 Å². The van der Waals surface area contributed by atoms with Crippen molar-refractivity contribution >= 4 is 22.3 Å². The fourth-order valence-corrected chi connectivity index (χ4v) is 2.99. The molecule has 8 heteroatoms. The lowest BCUT2D eigenvalue weighted by molar-refractivity contribution is 0.0932. The molecule has 1 aromatic carbocycles. The number of hydrogen-bond donors (Lipinski definition) is 1. The molecule has 1 amide bonds. The van der Waals surface area contributed by atoms with Crippen molar-refractivity contribution < 1.29 is 4.79 Å². The third-order valence-corrected chi connectivity index (χ3v) is 4.51. The van der Waals surface area contributed by atoms with Crippen molar-refractivity contribution in [1.29, 1.82) is 0 Å². The van der Waals surface area contributed by atoms with Crippen LogP contribution in [0.25, 0.3) is 16.4 Å². The first kappa shape index (κ1) is 16.9. The van der Waals surface area contributed by atoms with Crippen molar-refractivity contribution in [2.75, 3.05) is 0 Å². The summed E-state index contributed by atoms with van der Waals surface area (Å²) >= 11 is 0. The predicted molar refractivity (Wildman–Crippen MR) is 101 cm³/mol. The van der Waals surface area contributed by atoms with E-state index < -0.39 is 0 Å². The van der Waals surface area contributed by atoms with Crippen molar-refractivity contribution in [2.24, 2.45) is 0 Å². The van der Waals surface area contributed by atoms with Gasteiger partial charge in [-0.05, 0) is 18.6 Å². The molecule has 0 spiro atoms. The molecule has 27 heavy (non-hydrogen) atoms. The van der Waals surface area contributed by atoms with Gasteiger partial charge in [-0.1, -0.05) is 25.1 Å². The second-order valence-electron chi connectivity index (χ2n) is 6.24. The van der Waals surface area contributed by atoms with E-state index in [0.717, 1.165) is 5.39 Å². The summed E-state index contributed by atoms with van der Waals surface area (Å²) in [5.74, 6) is -0.274. The molecule has 0 saturated heterocycles. The van der Waals surface area contributed by atoms with E-state index in [-0.39, 0.29) is 17.5 Å². The highest BCUT2D eigenvalue weighted by Crippen LogP contribution is 2.09. The predicted octanol–water partition coefficient (Wildman–Crippen LogP) is 1.65. The second kappa shape index (κ2) is 6.99. The number of hydrogen-bond acceptors (Lipinski definition) is 5. The van der Waals surface area contributed by atoms with Crippen LogP contribution in [0.5, 0.6) is 0 Å². The standard InChI is InChI=1S/C19H18N6O2/c1-2-14(12-25-19(27)15-7-4-3-6-13(15)10-21-25)23-18(26)16-11-22-24-9-5-8-20-17(16)24/h3-11,14H,2,12H2,1H3,(H,23,26)/t14-/m1/s1. The van der Waals surface area contributed by atoms with E-state index >= 15 is 0 Å². The smallest absolute Gasteiger partial charge is 0.274 e. The summed E-state index contributed by atoms with van der Waals surface area (Å²) < 4.78 is 2.94. The number of aromatic nitrogens is 5. The molecule has 136 valence electrons. The van der Waals surface area contributed by atoms with Gasteiger partial charge in [-0.3, -0.25) is 9.59 Å². The molecular formula is C19H18N6O2. The van der Waals surface area contributed by atoms with Crippen LogP contribution < -0.4 is 10.9 Å². The molecular weight excluding hydrogens is 344 g/mol. The Morgan fingerprint density at radius 2 is 2.04 bits per heavy atom. The van der Waals surface area contributed by atoms with Gasteiger partial charge in [-0.25, -0.2) is 14.2 Å². The molecule has 0 aliphatic rings. The number of carbonyl (C=O) groups is 1. The Hall–Kier alpha value is -3.55. The highest BCUT2D eigenvalue weighted by molar-refractivity contribution is 5.99. The molecule has 0 bridgehead atoms. The van der Waals surface area contributed by atoms with Crippen LogP contribution in [0.15, 0.2) is 59.9 Å². The molecule has 0 unspecified atom stereocenters. The maximum atomic E-state index is 12.7. The van der Waals surface area contributed by atoms with Crippen LogP contribution in [0, 0.1) is 0 Å². The SMILES string of the molecule is CC[C@H](Cn1ncc2ccccc2c1=O)NC(=O)c1cnn2cccnc12. The van der Waals surface area contributed by atoms with E-state index in [1.807, 2.05) is 25.1 Å². The summed E-state index contributed by atoms with van der Waals surface area (Å²) in [6, 6.07) is 8.82. The Morgan fingerprint density at radius 3 is 2.89 bits per heavy atom. The molecule has 4 aromatic rings. The van der Waals surface area contributed by atoms with Gasteiger partial charge in [0.05, 0.1) is 24.3 Å². The molecule has 3 heterocycles. The lowest BCUT2D eigenvalue weighted by Crippen LogP contribution is -2.40. The molecule has 0 saturated carbocycles. The molecule has 0 aliphatic heterocycles. The third-order valence-electron chi connectivity index (χ3n) is 4.51. The summed E-state index contributed by atoms with van der Waals surface area (Å²) in [5, 5.41) is 12.7. The quantitative estimate of drug-likeness (QED) is 0.582. The van der Waals surface area contributed by atoms with E-state index in [4.69, 9.17) is 0 Å². The zero-order valence-electron chi connectivity index (χ0n) is 14.7. The van der Waals surface area contributed by atoms with Gasteiger partial charge in [-0.2, -0.15) is 10.2 Å². The number of amides is 1. The Balaban J connectivity index is 1.57. The van der Waals surface area contributed by atoms with Gasteiger partial charge < -0.3 is 5.32 Å². The van der Waals surface area contributed by atoms with Crippen LogP contribution >= 0.6 is 0 Å². The van der Waals surface area contributed by atoms with Crippen molar-refractivity contribution in [3.05, 3.63) is 71.0 Å². The molecule has 0 radical (unpaired) electrons. The fraction of sp³-hybridized carbons (Fsp3) is 0.211. The normalized spacial score (nSPS) is 12.3. The first-order valence-electron chi connectivity index (χ1n) is 8.71. The first-order valence-corrected chi connectivity index (χ1v) is 8.71. The summed E-state index contributed by atoms with van der Waals surface area (Å²) in [5.41, 5.74) is 0.720. The Bertz CT molecular complexity index is 1180. The van der Waals surface area contributed by atoms with Crippen LogP contribution in [0.2, 0.25) is 0 Å².